The molecule has 0 unspecified atom stereocenters. The lowest BCUT2D eigenvalue weighted by Crippen LogP contribution is -2.59. The highest BCUT2D eigenvalue weighted by molar-refractivity contribution is 5.86. The second kappa shape index (κ2) is 6.45. The van der Waals surface area contributed by atoms with Gasteiger partial charge in [-0.25, -0.2) is 9.59 Å². The quantitative estimate of drug-likeness (QED) is 0.657. The summed E-state index contributed by atoms with van der Waals surface area (Å²) in [5.41, 5.74) is -0.553. The Hall–Kier alpha value is -2.28. The number of aromatic hydroxyl groups is 1. The van der Waals surface area contributed by atoms with Crippen molar-refractivity contribution in [2.24, 2.45) is 0 Å². The summed E-state index contributed by atoms with van der Waals surface area (Å²) in [5, 5.41) is 23.8. The van der Waals surface area contributed by atoms with Gasteiger partial charge < -0.3 is 25.6 Å². The molecule has 0 aliphatic carbocycles. The lowest BCUT2D eigenvalue weighted by molar-refractivity contribution is -0.148. The monoisotopic (exact) mass is 294 g/mol. The van der Waals surface area contributed by atoms with E-state index in [0.29, 0.717) is 13.2 Å². The normalized spacial score (nSPS) is 17.0. The van der Waals surface area contributed by atoms with Crippen LogP contribution in [-0.2, 0) is 16.1 Å². The maximum Gasteiger partial charge on any atom is 0.329 e. The van der Waals surface area contributed by atoms with Crippen LogP contribution in [0, 0.1) is 0 Å². The molecule has 7 heteroatoms. The second-order valence-corrected chi connectivity index (χ2v) is 4.98. The average molecular weight is 294 g/mol. The van der Waals surface area contributed by atoms with Crippen molar-refractivity contribution in [3.8, 4) is 5.75 Å². The molecule has 0 aromatic heterocycles. The van der Waals surface area contributed by atoms with Crippen LogP contribution in [0.15, 0.2) is 24.3 Å². The Morgan fingerprint density at radius 2 is 2.00 bits per heavy atom. The highest BCUT2D eigenvalue weighted by Crippen LogP contribution is 2.21. The van der Waals surface area contributed by atoms with Gasteiger partial charge in [0.05, 0.1) is 0 Å². The van der Waals surface area contributed by atoms with Gasteiger partial charge in [-0.1, -0.05) is 12.1 Å². The number of amides is 2. The zero-order chi connectivity index (χ0) is 15.3. The molecule has 21 heavy (non-hydrogen) atoms. The summed E-state index contributed by atoms with van der Waals surface area (Å²) < 4.78 is 5.14. The summed E-state index contributed by atoms with van der Waals surface area (Å²) in [5.74, 6) is -0.945. The summed E-state index contributed by atoms with van der Waals surface area (Å²) in [6, 6.07) is 5.93. The fourth-order valence-electron chi connectivity index (χ4n) is 2.22. The molecule has 1 aliphatic heterocycles. The Balaban J connectivity index is 1.92. The van der Waals surface area contributed by atoms with E-state index < -0.39 is 17.5 Å². The SMILES string of the molecule is O=C(NCc1cccc(O)c1)NC1(C(=O)O)CCOCC1. The molecule has 1 saturated heterocycles. The summed E-state index contributed by atoms with van der Waals surface area (Å²) in [4.78, 5) is 23.3. The first-order chi connectivity index (χ1) is 10.0. The summed E-state index contributed by atoms with van der Waals surface area (Å²) in [6.07, 6.45) is 0.476. The van der Waals surface area contributed by atoms with Crippen molar-refractivity contribution in [3.63, 3.8) is 0 Å². The number of carbonyl (C=O) groups is 2. The number of benzene rings is 1. The predicted molar refractivity (Wildman–Crippen MR) is 73.9 cm³/mol. The van der Waals surface area contributed by atoms with Crippen molar-refractivity contribution in [2.75, 3.05) is 13.2 Å². The molecule has 1 heterocycles. The summed E-state index contributed by atoms with van der Waals surface area (Å²) in [7, 11) is 0. The van der Waals surface area contributed by atoms with E-state index in [2.05, 4.69) is 10.6 Å². The minimum absolute atomic E-state index is 0.112. The van der Waals surface area contributed by atoms with Crippen molar-refractivity contribution >= 4 is 12.0 Å². The minimum Gasteiger partial charge on any atom is -0.508 e. The number of carboxylic acid groups (broad SMARTS) is 1. The number of hydrogen-bond donors (Lipinski definition) is 4. The van der Waals surface area contributed by atoms with E-state index in [0.717, 1.165) is 5.56 Å². The standard InChI is InChI=1S/C14H18N2O5/c17-11-3-1-2-10(8-11)9-15-13(20)16-14(12(18)19)4-6-21-7-5-14/h1-3,8,17H,4-7,9H2,(H,18,19)(H2,15,16,20). The lowest BCUT2D eigenvalue weighted by Gasteiger charge is -2.33. The van der Waals surface area contributed by atoms with E-state index >= 15 is 0 Å². The number of urea groups is 1. The van der Waals surface area contributed by atoms with Crippen molar-refractivity contribution in [1.82, 2.24) is 10.6 Å². The van der Waals surface area contributed by atoms with E-state index in [1.54, 1.807) is 12.1 Å². The van der Waals surface area contributed by atoms with Gasteiger partial charge in [0.15, 0.2) is 0 Å². The van der Waals surface area contributed by atoms with Crippen LogP contribution in [0.25, 0.3) is 0 Å². The van der Waals surface area contributed by atoms with Crippen molar-refractivity contribution in [3.05, 3.63) is 29.8 Å². The van der Waals surface area contributed by atoms with Gasteiger partial charge in [0.2, 0.25) is 0 Å². The first-order valence-electron chi connectivity index (χ1n) is 6.67. The molecule has 0 radical (unpaired) electrons. The minimum atomic E-state index is -1.28. The fourth-order valence-corrected chi connectivity index (χ4v) is 2.22. The van der Waals surface area contributed by atoms with Crippen LogP contribution < -0.4 is 10.6 Å². The van der Waals surface area contributed by atoms with Crippen LogP contribution in [0.2, 0.25) is 0 Å². The number of aliphatic carboxylic acids is 1. The molecule has 2 amide bonds. The molecular formula is C14H18N2O5. The topological polar surface area (TPSA) is 108 Å². The van der Waals surface area contributed by atoms with E-state index in [-0.39, 0.29) is 25.1 Å². The Bertz CT molecular complexity index is 526. The van der Waals surface area contributed by atoms with Crippen LogP contribution >= 0.6 is 0 Å². The Kier molecular flexibility index (Phi) is 4.64. The molecule has 0 atom stereocenters. The van der Waals surface area contributed by atoms with E-state index in [1.807, 2.05) is 0 Å². The Labute approximate surface area is 121 Å². The first-order valence-corrected chi connectivity index (χ1v) is 6.67. The molecule has 0 spiro atoms. The van der Waals surface area contributed by atoms with Gasteiger partial charge in [0, 0.05) is 32.6 Å². The Morgan fingerprint density at radius 3 is 2.62 bits per heavy atom. The third kappa shape index (κ3) is 3.85. The van der Waals surface area contributed by atoms with E-state index in [1.165, 1.54) is 12.1 Å². The van der Waals surface area contributed by atoms with Crippen LogP contribution in [0.1, 0.15) is 18.4 Å². The largest absolute Gasteiger partial charge is 0.508 e. The second-order valence-electron chi connectivity index (χ2n) is 4.98. The van der Waals surface area contributed by atoms with Crippen LogP contribution in [0.5, 0.6) is 5.75 Å². The van der Waals surface area contributed by atoms with Gasteiger partial charge in [-0.3, -0.25) is 0 Å². The third-order valence-electron chi connectivity index (χ3n) is 3.47. The molecule has 1 aliphatic rings. The summed E-state index contributed by atoms with van der Waals surface area (Å²) >= 11 is 0. The predicted octanol–water partition coefficient (Wildman–Crippen LogP) is 0.825. The Morgan fingerprint density at radius 1 is 1.29 bits per heavy atom. The zero-order valence-electron chi connectivity index (χ0n) is 11.5. The number of carbonyl (C=O) groups excluding carboxylic acids is 1. The highest BCUT2D eigenvalue weighted by atomic mass is 16.5. The smallest absolute Gasteiger partial charge is 0.329 e. The van der Waals surface area contributed by atoms with Crippen molar-refractivity contribution in [1.29, 1.82) is 0 Å². The van der Waals surface area contributed by atoms with Gasteiger partial charge in [-0.2, -0.15) is 0 Å². The molecule has 114 valence electrons. The lowest BCUT2D eigenvalue weighted by atomic mass is 9.90. The first kappa shape index (κ1) is 15.1. The highest BCUT2D eigenvalue weighted by Gasteiger charge is 2.41. The van der Waals surface area contributed by atoms with Gasteiger partial charge in [0.1, 0.15) is 11.3 Å². The van der Waals surface area contributed by atoms with E-state index in [4.69, 9.17) is 4.74 Å². The third-order valence-corrected chi connectivity index (χ3v) is 3.47. The zero-order valence-corrected chi connectivity index (χ0v) is 11.5. The molecule has 0 bridgehead atoms. The average Bonchev–Trinajstić information content (AvgIpc) is 2.46. The van der Waals surface area contributed by atoms with Crippen molar-refractivity contribution in [2.45, 2.75) is 24.9 Å². The number of phenols is 1. The molecule has 4 N–H and O–H groups in total. The van der Waals surface area contributed by atoms with Gasteiger partial charge in [0.25, 0.3) is 0 Å². The van der Waals surface area contributed by atoms with Crippen LogP contribution in [-0.4, -0.2) is 41.0 Å². The number of ether oxygens (including phenoxy) is 1. The number of phenolic OH excluding ortho intramolecular Hbond substituents is 1. The summed E-state index contributed by atoms with van der Waals surface area (Å²) in [6.45, 7) is 0.810. The van der Waals surface area contributed by atoms with Gasteiger partial charge in [-0.05, 0) is 17.7 Å². The number of carboxylic acids is 1. The van der Waals surface area contributed by atoms with E-state index in [9.17, 15) is 19.8 Å². The number of hydrogen-bond acceptors (Lipinski definition) is 4. The molecular weight excluding hydrogens is 276 g/mol. The maximum absolute atomic E-state index is 11.9. The maximum atomic E-state index is 11.9. The van der Waals surface area contributed by atoms with Crippen LogP contribution in [0.3, 0.4) is 0 Å². The van der Waals surface area contributed by atoms with Crippen molar-refractivity contribution < 1.29 is 24.5 Å². The van der Waals surface area contributed by atoms with Gasteiger partial charge >= 0.3 is 12.0 Å². The molecule has 1 aromatic carbocycles. The molecule has 0 saturated carbocycles. The van der Waals surface area contributed by atoms with Gasteiger partial charge in [-0.15, -0.1) is 0 Å². The fraction of sp³-hybridized carbons (Fsp3) is 0.429. The molecule has 7 nitrogen and oxygen atoms in total. The molecule has 1 fully saturated rings. The molecule has 2 rings (SSSR count). The number of rotatable bonds is 4. The van der Waals surface area contributed by atoms with Crippen LogP contribution in [0.4, 0.5) is 4.79 Å². The molecule has 1 aromatic rings. The number of nitrogens with one attached hydrogen (secondary N) is 2.